The van der Waals surface area contributed by atoms with Gasteiger partial charge in [0.05, 0.1) is 17.9 Å². The van der Waals surface area contributed by atoms with E-state index in [1.54, 1.807) is 0 Å². The van der Waals surface area contributed by atoms with E-state index in [0.717, 1.165) is 44.1 Å². The number of nitrogens with zero attached hydrogens (tertiary/aromatic N) is 1. The summed E-state index contributed by atoms with van der Waals surface area (Å²) in [5.74, 6) is -0.520. The second kappa shape index (κ2) is 8.06. The average molecular weight is 383 g/mol. The molecule has 4 rings (SSSR count). The van der Waals surface area contributed by atoms with Crippen molar-refractivity contribution in [3.05, 3.63) is 34.9 Å². The maximum atomic E-state index is 12.5. The summed E-state index contributed by atoms with van der Waals surface area (Å²) in [6, 6.07) is 6.44. The predicted octanol–water partition coefficient (Wildman–Crippen LogP) is 3.31. The van der Waals surface area contributed by atoms with Gasteiger partial charge in [-0.15, -0.1) is 0 Å². The molecule has 1 aromatic carbocycles. The zero-order valence-electron chi connectivity index (χ0n) is 16.7. The van der Waals surface area contributed by atoms with Gasteiger partial charge >= 0.3 is 0 Å². The molecule has 1 aliphatic heterocycles. The Hall–Kier alpha value is -2.17. The molecule has 0 bridgehead atoms. The standard InChI is InChI=1S/C23H30N2O3/c1-15(17-11-10-16-6-2-3-7-18(16)14-17)24-21(26)12-13-25-22(27)19-8-4-5-9-20(19)23(25)28/h10-11,14-15,19-20H,2-9,12-13H2,1H3,(H,24,26)/t15-,19-,20+/m0/s1. The minimum Gasteiger partial charge on any atom is -0.350 e. The highest BCUT2D eigenvalue weighted by Gasteiger charge is 2.47. The first-order valence-corrected chi connectivity index (χ1v) is 10.8. The Morgan fingerprint density at radius 2 is 1.68 bits per heavy atom. The van der Waals surface area contributed by atoms with E-state index in [4.69, 9.17) is 0 Å². The van der Waals surface area contributed by atoms with E-state index < -0.39 is 0 Å². The Kier molecular flexibility index (Phi) is 5.51. The molecule has 0 radical (unpaired) electrons. The number of aryl methyl sites for hydroxylation is 2. The number of benzene rings is 1. The van der Waals surface area contributed by atoms with Gasteiger partial charge in [-0.1, -0.05) is 31.0 Å². The van der Waals surface area contributed by atoms with Crippen LogP contribution in [0.25, 0.3) is 0 Å². The number of nitrogens with one attached hydrogen (secondary N) is 1. The van der Waals surface area contributed by atoms with Crippen molar-refractivity contribution in [1.82, 2.24) is 10.2 Å². The fourth-order valence-electron chi connectivity index (χ4n) is 5.08. The Bertz CT molecular complexity index is 764. The largest absolute Gasteiger partial charge is 0.350 e. The molecular weight excluding hydrogens is 352 g/mol. The van der Waals surface area contributed by atoms with Gasteiger partial charge in [0.2, 0.25) is 17.7 Å². The predicted molar refractivity (Wildman–Crippen MR) is 106 cm³/mol. The van der Waals surface area contributed by atoms with Crippen LogP contribution in [0.15, 0.2) is 18.2 Å². The molecule has 0 spiro atoms. The summed E-state index contributed by atoms with van der Waals surface area (Å²) in [6.45, 7) is 2.19. The zero-order chi connectivity index (χ0) is 19.7. The first-order chi connectivity index (χ1) is 13.5. The van der Waals surface area contributed by atoms with Crippen LogP contribution < -0.4 is 5.32 Å². The summed E-state index contributed by atoms with van der Waals surface area (Å²) in [5.41, 5.74) is 3.95. The maximum Gasteiger partial charge on any atom is 0.233 e. The van der Waals surface area contributed by atoms with Crippen LogP contribution in [0.5, 0.6) is 0 Å². The third-order valence-corrected chi connectivity index (χ3v) is 6.74. The lowest BCUT2D eigenvalue weighted by atomic mass is 9.81. The van der Waals surface area contributed by atoms with Gasteiger partial charge in [0.1, 0.15) is 0 Å². The summed E-state index contributed by atoms with van der Waals surface area (Å²) in [4.78, 5) is 38.8. The second-order valence-corrected chi connectivity index (χ2v) is 8.60. The van der Waals surface area contributed by atoms with Crippen molar-refractivity contribution < 1.29 is 14.4 Å². The first-order valence-electron chi connectivity index (χ1n) is 10.8. The molecular formula is C23H30N2O3. The Balaban J connectivity index is 1.32. The average Bonchev–Trinajstić information content (AvgIpc) is 2.96. The number of carbonyl (C=O) groups excluding carboxylic acids is 3. The lowest BCUT2D eigenvalue weighted by Gasteiger charge is -2.20. The summed E-state index contributed by atoms with van der Waals surface area (Å²) < 4.78 is 0. The van der Waals surface area contributed by atoms with Crippen LogP contribution in [-0.4, -0.2) is 29.2 Å². The van der Waals surface area contributed by atoms with E-state index in [0.29, 0.717) is 0 Å². The fraction of sp³-hybridized carbons (Fsp3) is 0.609. The maximum absolute atomic E-state index is 12.5. The van der Waals surface area contributed by atoms with Crippen LogP contribution in [0.2, 0.25) is 0 Å². The molecule has 5 heteroatoms. The number of carbonyl (C=O) groups is 3. The number of likely N-dealkylation sites (tertiary alicyclic amines) is 1. The van der Waals surface area contributed by atoms with Crippen molar-refractivity contribution in [2.24, 2.45) is 11.8 Å². The molecule has 3 amide bonds. The van der Waals surface area contributed by atoms with Gasteiger partial charge in [-0.05, 0) is 62.1 Å². The van der Waals surface area contributed by atoms with Gasteiger partial charge in [-0.3, -0.25) is 19.3 Å². The summed E-state index contributed by atoms with van der Waals surface area (Å²) in [7, 11) is 0. The molecule has 28 heavy (non-hydrogen) atoms. The molecule has 2 aliphatic carbocycles. The Morgan fingerprint density at radius 1 is 1.04 bits per heavy atom. The summed E-state index contributed by atoms with van der Waals surface area (Å²) >= 11 is 0. The van der Waals surface area contributed by atoms with E-state index >= 15 is 0 Å². The lowest BCUT2D eigenvalue weighted by Crippen LogP contribution is -2.36. The summed E-state index contributed by atoms with van der Waals surface area (Å²) in [5, 5.41) is 3.03. The zero-order valence-corrected chi connectivity index (χ0v) is 16.7. The Labute approximate surface area is 166 Å². The molecule has 3 aliphatic rings. The quantitative estimate of drug-likeness (QED) is 0.795. The van der Waals surface area contributed by atoms with E-state index in [-0.39, 0.29) is 48.6 Å². The molecule has 1 saturated heterocycles. The van der Waals surface area contributed by atoms with Crippen LogP contribution in [0.3, 0.4) is 0 Å². The van der Waals surface area contributed by atoms with Gasteiger partial charge in [0.15, 0.2) is 0 Å². The van der Waals surface area contributed by atoms with Crippen molar-refractivity contribution in [3.63, 3.8) is 0 Å². The number of amides is 3. The van der Waals surface area contributed by atoms with Crippen LogP contribution in [0, 0.1) is 11.8 Å². The first kappa shape index (κ1) is 19.2. The number of rotatable bonds is 5. The monoisotopic (exact) mass is 382 g/mol. The molecule has 0 unspecified atom stereocenters. The van der Waals surface area contributed by atoms with Crippen LogP contribution >= 0.6 is 0 Å². The van der Waals surface area contributed by atoms with Gasteiger partial charge in [-0.25, -0.2) is 0 Å². The van der Waals surface area contributed by atoms with Crippen molar-refractivity contribution in [2.75, 3.05) is 6.54 Å². The highest BCUT2D eigenvalue weighted by atomic mass is 16.2. The molecule has 0 aromatic heterocycles. The molecule has 3 atom stereocenters. The third-order valence-electron chi connectivity index (χ3n) is 6.74. The lowest BCUT2D eigenvalue weighted by molar-refractivity contribution is -0.140. The van der Waals surface area contributed by atoms with E-state index in [1.165, 1.54) is 28.9 Å². The SMILES string of the molecule is C[C@H](NC(=O)CCN1C(=O)[C@H]2CCCC[C@H]2C1=O)c1ccc2c(c1)CCCC2. The topological polar surface area (TPSA) is 66.5 Å². The van der Waals surface area contributed by atoms with Gasteiger partial charge in [0.25, 0.3) is 0 Å². The minimum absolute atomic E-state index is 0.0646. The molecule has 150 valence electrons. The molecule has 1 N–H and O–H groups in total. The molecule has 1 saturated carbocycles. The van der Waals surface area contributed by atoms with E-state index in [1.807, 2.05) is 6.92 Å². The smallest absolute Gasteiger partial charge is 0.233 e. The number of fused-ring (bicyclic) bond motifs is 2. The van der Waals surface area contributed by atoms with E-state index in [9.17, 15) is 14.4 Å². The van der Waals surface area contributed by atoms with E-state index in [2.05, 4.69) is 23.5 Å². The summed E-state index contributed by atoms with van der Waals surface area (Å²) in [6.07, 6.45) is 8.60. The normalized spacial score (nSPS) is 25.2. The molecule has 5 nitrogen and oxygen atoms in total. The molecule has 2 fully saturated rings. The Morgan fingerprint density at radius 3 is 2.36 bits per heavy atom. The van der Waals surface area contributed by atoms with Crippen LogP contribution in [-0.2, 0) is 27.2 Å². The highest BCUT2D eigenvalue weighted by Crippen LogP contribution is 2.38. The van der Waals surface area contributed by atoms with Crippen LogP contribution in [0.1, 0.15) is 74.6 Å². The number of hydrogen-bond donors (Lipinski definition) is 1. The van der Waals surface area contributed by atoms with Gasteiger partial charge < -0.3 is 5.32 Å². The van der Waals surface area contributed by atoms with Crippen molar-refractivity contribution in [2.45, 2.75) is 70.8 Å². The van der Waals surface area contributed by atoms with Crippen molar-refractivity contribution in [3.8, 4) is 0 Å². The number of hydrogen-bond acceptors (Lipinski definition) is 3. The van der Waals surface area contributed by atoms with Crippen LogP contribution in [0.4, 0.5) is 0 Å². The molecule has 1 heterocycles. The number of imide groups is 1. The van der Waals surface area contributed by atoms with Crippen molar-refractivity contribution in [1.29, 1.82) is 0 Å². The third kappa shape index (κ3) is 3.71. The second-order valence-electron chi connectivity index (χ2n) is 8.60. The fourth-order valence-corrected chi connectivity index (χ4v) is 5.08. The minimum atomic E-state index is -0.140. The highest BCUT2D eigenvalue weighted by molar-refractivity contribution is 6.05. The molecule has 1 aromatic rings. The van der Waals surface area contributed by atoms with Gasteiger partial charge in [-0.2, -0.15) is 0 Å². The van der Waals surface area contributed by atoms with Gasteiger partial charge in [0, 0.05) is 13.0 Å². The van der Waals surface area contributed by atoms with Crippen molar-refractivity contribution >= 4 is 17.7 Å².